The van der Waals surface area contributed by atoms with Crippen LogP contribution in [0.25, 0.3) is 11.5 Å². The molecule has 2 aliphatic rings. The lowest BCUT2D eigenvalue weighted by atomic mass is 9.94. The third-order valence-electron chi connectivity index (χ3n) is 5.19. The van der Waals surface area contributed by atoms with Gasteiger partial charge in [0.2, 0.25) is 5.89 Å². The predicted molar refractivity (Wildman–Crippen MR) is 90.0 cm³/mol. The molecule has 0 saturated carbocycles. The van der Waals surface area contributed by atoms with Crippen molar-refractivity contribution in [3.8, 4) is 11.5 Å². The number of hydrazine groups is 1. The van der Waals surface area contributed by atoms with E-state index < -0.39 is 11.7 Å². The van der Waals surface area contributed by atoms with Gasteiger partial charge in [0.15, 0.2) is 0 Å². The summed E-state index contributed by atoms with van der Waals surface area (Å²) in [6.45, 7) is 5.49. The molecule has 3 heterocycles. The van der Waals surface area contributed by atoms with Gasteiger partial charge in [0.25, 0.3) is 0 Å². The molecule has 1 aromatic carbocycles. The summed E-state index contributed by atoms with van der Waals surface area (Å²) in [5.74, 6) is 1.67. The number of aryl methyl sites for hydroxylation is 1. The van der Waals surface area contributed by atoms with Gasteiger partial charge in [-0.3, -0.25) is 15.8 Å². The third kappa shape index (κ3) is 3.49. The molecule has 0 bridgehead atoms. The van der Waals surface area contributed by atoms with E-state index in [-0.39, 0.29) is 0 Å². The lowest BCUT2D eigenvalue weighted by Gasteiger charge is -2.33. The van der Waals surface area contributed by atoms with Crippen LogP contribution in [0.5, 0.6) is 0 Å². The fourth-order valence-corrected chi connectivity index (χ4v) is 3.68. The van der Waals surface area contributed by atoms with Crippen LogP contribution in [0.3, 0.4) is 0 Å². The summed E-state index contributed by atoms with van der Waals surface area (Å²) in [6.07, 6.45) is -3.26. The summed E-state index contributed by atoms with van der Waals surface area (Å²) in [5.41, 5.74) is 7.24. The first-order valence-electron chi connectivity index (χ1n) is 8.75. The Morgan fingerprint density at radius 3 is 2.77 bits per heavy atom. The van der Waals surface area contributed by atoms with Crippen molar-refractivity contribution in [2.45, 2.75) is 32.1 Å². The average molecular weight is 366 g/mol. The van der Waals surface area contributed by atoms with Crippen LogP contribution in [-0.2, 0) is 12.7 Å². The monoisotopic (exact) mass is 366 g/mol. The first-order valence-corrected chi connectivity index (χ1v) is 8.75. The molecule has 140 valence electrons. The van der Waals surface area contributed by atoms with E-state index in [1.807, 2.05) is 6.92 Å². The molecule has 5 nitrogen and oxygen atoms in total. The molecular formula is C18H21F3N4O. The Morgan fingerprint density at radius 1 is 1.27 bits per heavy atom. The number of alkyl halides is 3. The van der Waals surface area contributed by atoms with Crippen molar-refractivity contribution in [2.24, 2.45) is 5.92 Å². The molecule has 2 atom stereocenters. The number of nitrogens with one attached hydrogen (secondary N) is 2. The number of hydrogen-bond donors (Lipinski definition) is 2. The van der Waals surface area contributed by atoms with Gasteiger partial charge in [-0.25, -0.2) is 4.98 Å². The summed E-state index contributed by atoms with van der Waals surface area (Å²) in [5, 5.41) is 0. The Kier molecular flexibility index (Phi) is 4.50. The van der Waals surface area contributed by atoms with Crippen LogP contribution in [0.4, 0.5) is 13.2 Å². The van der Waals surface area contributed by atoms with Crippen molar-refractivity contribution in [1.82, 2.24) is 20.7 Å². The van der Waals surface area contributed by atoms with E-state index in [1.54, 1.807) is 0 Å². The summed E-state index contributed by atoms with van der Waals surface area (Å²) in [4.78, 5) is 6.89. The summed E-state index contributed by atoms with van der Waals surface area (Å²) < 4.78 is 43.8. The number of hydrogen-bond acceptors (Lipinski definition) is 5. The van der Waals surface area contributed by atoms with Gasteiger partial charge >= 0.3 is 6.18 Å². The molecule has 8 heteroatoms. The number of nitrogens with zero attached hydrogens (tertiary/aromatic N) is 2. The minimum Gasteiger partial charge on any atom is -0.441 e. The van der Waals surface area contributed by atoms with E-state index in [1.165, 1.54) is 12.1 Å². The van der Waals surface area contributed by atoms with Gasteiger partial charge < -0.3 is 4.42 Å². The highest BCUT2D eigenvalue weighted by atomic mass is 19.4. The highest BCUT2D eigenvalue weighted by Crippen LogP contribution is 2.31. The van der Waals surface area contributed by atoms with Gasteiger partial charge in [0, 0.05) is 43.7 Å². The van der Waals surface area contributed by atoms with Crippen molar-refractivity contribution < 1.29 is 17.6 Å². The molecule has 2 N–H and O–H groups in total. The second-order valence-corrected chi connectivity index (χ2v) is 7.01. The molecule has 0 amide bonds. The zero-order valence-electron chi connectivity index (χ0n) is 14.4. The molecule has 0 aliphatic carbocycles. The van der Waals surface area contributed by atoms with Crippen LogP contribution < -0.4 is 10.9 Å². The van der Waals surface area contributed by atoms with Crippen molar-refractivity contribution in [2.75, 3.05) is 19.6 Å². The Bertz CT molecular complexity index is 772. The molecule has 2 saturated heterocycles. The number of halogens is 3. The summed E-state index contributed by atoms with van der Waals surface area (Å²) >= 11 is 0. The first-order chi connectivity index (χ1) is 12.4. The van der Waals surface area contributed by atoms with Gasteiger partial charge in [-0.1, -0.05) is 0 Å². The molecule has 26 heavy (non-hydrogen) atoms. The Labute approximate surface area is 149 Å². The number of aromatic nitrogens is 1. The second kappa shape index (κ2) is 6.68. The summed E-state index contributed by atoms with van der Waals surface area (Å²) in [7, 11) is 0. The first kappa shape index (κ1) is 17.5. The van der Waals surface area contributed by atoms with Crippen LogP contribution in [0.2, 0.25) is 0 Å². The van der Waals surface area contributed by atoms with E-state index in [4.69, 9.17) is 4.42 Å². The molecule has 2 unspecified atom stereocenters. The highest BCUT2D eigenvalue weighted by molar-refractivity contribution is 5.54. The maximum atomic E-state index is 12.7. The molecular weight excluding hydrogens is 345 g/mol. The van der Waals surface area contributed by atoms with E-state index in [2.05, 4.69) is 20.7 Å². The molecule has 2 fully saturated rings. The minimum absolute atomic E-state index is 0.366. The maximum absolute atomic E-state index is 12.7. The number of benzene rings is 1. The lowest BCUT2D eigenvalue weighted by Crippen LogP contribution is -2.44. The predicted octanol–water partition coefficient (Wildman–Crippen LogP) is 2.97. The van der Waals surface area contributed by atoms with Crippen LogP contribution in [0.1, 0.15) is 23.4 Å². The van der Waals surface area contributed by atoms with Crippen LogP contribution >= 0.6 is 0 Å². The van der Waals surface area contributed by atoms with Gasteiger partial charge in [-0.2, -0.15) is 13.2 Å². The highest BCUT2D eigenvalue weighted by Gasteiger charge is 2.33. The van der Waals surface area contributed by atoms with Gasteiger partial charge in [-0.15, -0.1) is 0 Å². The number of likely N-dealkylation sites (tertiary alicyclic amines) is 1. The fourth-order valence-electron chi connectivity index (χ4n) is 3.68. The van der Waals surface area contributed by atoms with E-state index >= 15 is 0 Å². The Balaban J connectivity index is 1.47. The van der Waals surface area contributed by atoms with Crippen molar-refractivity contribution in [3.63, 3.8) is 0 Å². The van der Waals surface area contributed by atoms with Crippen molar-refractivity contribution >= 4 is 0 Å². The van der Waals surface area contributed by atoms with Gasteiger partial charge in [0.05, 0.1) is 11.3 Å². The molecule has 1 aromatic heterocycles. The summed E-state index contributed by atoms with van der Waals surface area (Å²) in [6, 6.07) is 5.45. The maximum Gasteiger partial charge on any atom is 0.416 e. The average Bonchev–Trinajstić information content (AvgIpc) is 3.21. The normalized spacial score (nSPS) is 24.0. The molecule has 0 spiro atoms. The lowest BCUT2D eigenvalue weighted by molar-refractivity contribution is -0.137. The molecule has 2 aromatic rings. The van der Waals surface area contributed by atoms with Crippen LogP contribution in [0.15, 0.2) is 28.7 Å². The molecule has 4 rings (SSSR count). The zero-order valence-corrected chi connectivity index (χ0v) is 14.4. The smallest absolute Gasteiger partial charge is 0.416 e. The SMILES string of the molecule is Cc1oc(-c2ccc(C(F)(F)F)cc2)nc1CN1CCC2NNCC2C1. The number of fused-ring (bicyclic) bond motifs is 1. The number of piperidine rings is 1. The topological polar surface area (TPSA) is 53.3 Å². The van der Waals surface area contributed by atoms with E-state index in [0.717, 1.165) is 43.9 Å². The van der Waals surface area contributed by atoms with Gasteiger partial charge in [-0.05, 0) is 37.6 Å². The molecule has 0 radical (unpaired) electrons. The standard InChI is InChI=1S/C18H21F3N4O/c1-11-16(10-25-7-6-15-13(9-25)8-22-24-15)23-17(26-11)12-2-4-14(5-3-12)18(19,20)21/h2-5,13,15,22,24H,6-10H2,1H3. The minimum atomic E-state index is -4.34. The molecule has 2 aliphatic heterocycles. The Hall–Kier alpha value is -1.90. The quantitative estimate of drug-likeness (QED) is 0.875. The van der Waals surface area contributed by atoms with E-state index in [0.29, 0.717) is 35.7 Å². The zero-order chi connectivity index (χ0) is 18.3. The number of oxazole rings is 1. The fraction of sp³-hybridized carbons (Fsp3) is 0.500. The Morgan fingerprint density at radius 2 is 2.04 bits per heavy atom. The second-order valence-electron chi connectivity index (χ2n) is 7.01. The van der Waals surface area contributed by atoms with E-state index in [9.17, 15) is 13.2 Å². The number of rotatable bonds is 3. The van der Waals surface area contributed by atoms with Gasteiger partial charge in [0.1, 0.15) is 5.76 Å². The third-order valence-corrected chi connectivity index (χ3v) is 5.19. The largest absolute Gasteiger partial charge is 0.441 e. The van der Waals surface area contributed by atoms with Crippen molar-refractivity contribution in [3.05, 3.63) is 41.3 Å². The van der Waals surface area contributed by atoms with Crippen LogP contribution in [0, 0.1) is 12.8 Å². The van der Waals surface area contributed by atoms with Crippen LogP contribution in [-0.4, -0.2) is 35.6 Å². The van der Waals surface area contributed by atoms with Crippen molar-refractivity contribution in [1.29, 1.82) is 0 Å².